The van der Waals surface area contributed by atoms with E-state index in [2.05, 4.69) is 10.1 Å². The van der Waals surface area contributed by atoms with E-state index in [0.717, 1.165) is 12.8 Å². The van der Waals surface area contributed by atoms with Crippen LogP contribution in [0.1, 0.15) is 24.6 Å². The van der Waals surface area contributed by atoms with Crippen molar-refractivity contribution in [1.29, 1.82) is 0 Å². The Morgan fingerprint density at radius 1 is 1.25 bits per heavy atom. The number of rotatable bonds is 2. The molecule has 0 radical (unpaired) electrons. The topological polar surface area (TPSA) is 79.4 Å². The molecule has 0 aliphatic heterocycles. The monoisotopic (exact) mass is 218 g/mol. The maximum atomic E-state index is 9.62. The van der Waals surface area contributed by atoms with Gasteiger partial charge in [0.1, 0.15) is 11.5 Å². The molecular formula is C11H10N2O3. The third-order valence-corrected chi connectivity index (χ3v) is 2.60. The summed E-state index contributed by atoms with van der Waals surface area (Å²) in [7, 11) is 0. The molecule has 0 saturated heterocycles. The summed E-state index contributed by atoms with van der Waals surface area (Å²) in [6.45, 7) is 0. The second-order valence-electron chi connectivity index (χ2n) is 3.93. The Kier molecular flexibility index (Phi) is 1.86. The largest absolute Gasteiger partial charge is 0.508 e. The van der Waals surface area contributed by atoms with Crippen LogP contribution >= 0.6 is 0 Å². The van der Waals surface area contributed by atoms with Crippen molar-refractivity contribution < 1.29 is 14.7 Å². The van der Waals surface area contributed by atoms with Gasteiger partial charge in [0.25, 0.3) is 5.89 Å². The van der Waals surface area contributed by atoms with E-state index in [1.54, 1.807) is 6.07 Å². The number of phenols is 2. The summed E-state index contributed by atoms with van der Waals surface area (Å²) in [4.78, 5) is 4.21. The Labute approximate surface area is 91.4 Å². The van der Waals surface area contributed by atoms with E-state index in [1.165, 1.54) is 12.1 Å². The lowest BCUT2D eigenvalue weighted by molar-refractivity contribution is 0.416. The van der Waals surface area contributed by atoms with Gasteiger partial charge >= 0.3 is 0 Å². The third-order valence-electron chi connectivity index (χ3n) is 2.60. The molecule has 1 aromatic carbocycles. The predicted octanol–water partition coefficient (Wildman–Crippen LogP) is 2.03. The number of hydrogen-bond acceptors (Lipinski definition) is 5. The van der Waals surface area contributed by atoms with Gasteiger partial charge in [-0.05, 0) is 25.0 Å². The normalized spacial score (nSPS) is 15.2. The molecule has 1 aromatic heterocycles. The highest BCUT2D eigenvalue weighted by atomic mass is 16.5. The Morgan fingerprint density at radius 2 is 2.06 bits per heavy atom. The standard InChI is InChI=1S/C11H10N2O3/c14-7-3-4-8(9(15)5-7)11-12-10(13-16-11)6-1-2-6/h3-6,14-15H,1-2H2. The highest BCUT2D eigenvalue weighted by molar-refractivity contribution is 5.63. The summed E-state index contributed by atoms with van der Waals surface area (Å²) in [6, 6.07) is 4.27. The van der Waals surface area contributed by atoms with E-state index in [4.69, 9.17) is 9.63 Å². The Balaban J connectivity index is 2.00. The van der Waals surface area contributed by atoms with E-state index in [0.29, 0.717) is 23.2 Å². The lowest BCUT2D eigenvalue weighted by Gasteiger charge is -1.98. The van der Waals surface area contributed by atoms with Gasteiger partial charge in [0.2, 0.25) is 0 Å². The smallest absolute Gasteiger partial charge is 0.261 e. The van der Waals surface area contributed by atoms with Crippen molar-refractivity contribution in [2.75, 3.05) is 0 Å². The molecule has 2 aromatic rings. The van der Waals surface area contributed by atoms with Gasteiger partial charge in [-0.25, -0.2) is 0 Å². The number of phenolic OH excluding ortho intramolecular Hbond substituents is 2. The van der Waals surface area contributed by atoms with Crippen molar-refractivity contribution in [3.63, 3.8) is 0 Å². The lowest BCUT2D eigenvalue weighted by Crippen LogP contribution is -1.82. The van der Waals surface area contributed by atoms with Crippen molar-refractivity contribution in [2.45, 2.75) is 18.8 Å². The van der Waals surface area contributed by atoms with Crippen molar-refractivity contribution >= 4 is 0 Å². The molecule has 0 amide bonds. The molecular weight excluding hydrogens is 208 g/mol. The minimum atomic E-state index is -0.0639. The number of aromatic hydroxyl groups is 2. The number of aromatic nitrogens is 2. The molecule has 2 N–H and O–H groups in total. The zero-order valence-corrected chi connectivity index (χ0v) is 8.42. The quantitative estimate of drug-likeness (QED) is 0.806. The van der Waals surface area contributed by atoms with E-state index < -0.39 is 0 Å². The Hall–Kier alpha value is -2.04. The molecule has 16 heavy (non-hydrogen) atoms. The third kappa shape index (κ3) is 1.50. The maximum Gasteiger partial charge on any atom is 0.261 e. The van der Waals surface area contributed by atoms with Crippen LogP contribution in [0, 0.1) is 0 Å². The van der Waals surface area contributed by atoms with Crippen molar-refractivity contribution in [1.82, 2.24) is 10.1 Å². The fourth-order valence-corrected chi connectivity index (χ4v) is 1.55. The Morgan fingerprint density at radius 3 is 2.75 bits per heavy atom. The SMILES string of the molecule is Oc1ccc(-c2nc(C3CC3)no2)c(O)c1. The summed E-state index contributed by atoms with van der Waals surface area (Å²) in [6.07, 6.45) is 2.20. The Bertz CT molecular complexity index is 532. The average Bonchev–Trinajstić information content (AvgIpc) is 2.98. The van der Waals surface area contributed by atoms with Crippen LogP contribution in [-0.2, 0) is 0 Å². The molecule has 82 valence electrons. The van der Waals surface area contributed by atoms with Crippen LogP contribution in [-0.4, -0.2) is 20.4 Å². The zero-order valence-electron chi connectivity index (χ0n) is 8.42. The van der Waals surface area contributed by atoms with Gasteiger partial charge in [0.15, 0.2) is 5.82 Å². The molecule has 5 nitrogen and oxygen atoms in total. The minimum Gasteiger partial charge on any atom is -0.508 e. The molecule has 1 aliphatic carbocycles. The lowest BCUT2D eigenvalue weighted by atomic mass is 10.2. The fraction of sp³-hybridized carbons (Fsp3) is 0.273. The molecule has 0 atom stereocenters. The van der Waals surface area contributed by atoms with Crippen molar-refractivity contribution in [3.8, 4) is 23.0 Å². The van der Waals surface area contributed by atoms with E-state index in [-0.39, 0.29) is 11.5 Å². The maximum absolute atomic E-state index is 9.62. The van der Waals surface area contributed by atoms with E-state index in [1.807, 2.05) is 0 Å². The van der Waals surface area contributed by atoms with Crippen LogP contribution in [0.4, 0.5) is 0 Å². The first-order valence-electron chi connectivity index (χ1n) is 5.10. The van der Waals surface area contributed by atoms with Crippen molar-refractivity contribution in [2.24, 2.45) is 0 Å². The van der Waals surface area contributed by atoms with Gasteiger partial charge in [-0.3, -0.25) is 0 Å². The number of benzene rings is 1. The highest BCUT2D eigenvalue weighted by Crippen LogP contribution is 2.39. The molecule has 0 bridgehead atoms. The van der Waals surface area contributed by atoms with Gasteiger partial charge in [-0.1, -0.05) is 5.16 Å². The summed E-state index contributed by atoms with van der Waals surface area (Å²) in [5.74, 6) is 1.34. The minimum absolute atomic E-state index is 0.00295. The second kappa shape index (κ2) is 3.23. The highest BCUT2D eigenvalue weighted by Gasteiger charge is 2.29. The molecule has 5 heteroatoms. The zero-order chi connectivity index (χ0) is 11.1. The molecule has 0 spiro atoms. The molecule has 1 fully saturated rings. The fourth-order valence-electron chi connectivity index (χ4n) is 1.55. The van der Waals surface area contributed by atoms with Crippen LogP contribution < -0.4 is 0 Å². The molecule has 1 saturated carbocycles. The van der Waals surface area contributed by atoms with Gasteiger partial charge in [0, 0.05) is 12.0 Å². The van der Waals surface area contributed by atoms with Crippen LogP contribution in [0.25, 0.3) is 11.5 Å². The predicted molar refractivity (Wildman–Crippen MR) is 55.0 cm³/mol. The van der Waals surface area contributed by atoms with E-state index in [9.17, 15) is 5.11 Å². The molecule has 1 aliphatic rings. The first-order chi connectivity index (χ1) is 7.74. The molecule has 1 heterocycles. The summed E-state index contributed by atoms with van der Waals surface area (Å²) >= 11 is 0. The first-order valence-corrected chi connectivity index (χ1v) is 5.10. The van der Waals surface area contributed by atoms with Gasteiger partial charge in [-0.2, -0.15) is 4.98 Å². The van der Waals surface area contributed by atoms with Gasteiger partial charge in [0.05, 0.1) is 5.56 Å². The molecule has 0 unspecified atom stereocenters. The first kappa shape index (κ1) is 9.21. The summed E-state index contributed by atoms with van der Waals surface area (Å²) in [5, 5.41) is 22.6. The summed E-state index contributed by atoms with van der Waals surface area (Å²) in [5.41, 5.74) is 0.442. The van der Waals surface area contributed by atoms with Crippen LogP contribution in [0.15, 0.2) is 22.7 Å². The summed E-state index contributed by atoms with van der Waals surface area (Å²) < 4.78 is 5.07. The van der Waals surface area contributed by atoms with Crippen LogP contribution in [0.2, 0.25) is 0 Å². The number of nitrogens with zero attached hydrogens (tertiary/aromatic N) is 2. The number of hydrogen-bond donors (Lipinski definition) is 2. The molecule has 3 rings (SSSR count). The van der Waals surface area contributed by atoms with Gasteiger partial charge < -0.3 is 14.7 Å². The van der Waals surface area contributed by atoms with Crippen LogP contribution in [0.5, 0.6) is 11.5 Å². The second-order valence-corrected chi connectivity index (χ2v) is 3.93. The van der Waals surface area contributed by atoms with Gasteiger partial charge in [-0.15, -0.1) is 0 Å². The van der Waals surface area contributed by atoms with Crippen LogP contribution in [0.3, 0.4) is 0 Å². The van der Waals surface area contributed by atoms with E-state index >= 15 is 0 Å². The van der Waals surface area contributed by atoms with Crippen molar-refractivity contribution in [3.05, 3.63) is 24.0 Å². The average molecular weight is 218 g/mol.